The minimum Gasteiger partial charge on any atom is -0.463 e. The minimum atomic E-state index is -0.539. The quantitative estimate of drug-likeness (QED) is 0.0435. The Balaban J connectivity index is 1.77. The zero-order chi connectivity index (χ0) is 40.6. The van der Waals surface area contributed by atoms with Crippen molar-refractivity contribution in [1.29, 1.82) is 0 Å². The molecule has 1 aromatic rings. The Bertz CT molecular complexity index is 1180. The van der Waals surface area contributed by atoms with Gasteiger partial charge in [0.15, 0.2) is 0 Å². The molecule has 0 aliphatic heterocycles. The molecule has 1 aliphatic rings. The van der Waals surface area contributed by atoms with Crippen LogP contribution in [0.3, 0.4) is 0 Å². The predicted molar refractivity (Wildman–Crippen MR) is 208 cm³/mol. The van der Waals surface area contributed by atoms with Crippen LogP contribution in [0.5, 0.6) is 0 Å². The lowest BCUT2D eigenvalue weighted by atomic mass is 9.85. The van der Waals surface area contributed by atoms with Crippen molar-refractivity contribution < 1.29 is 67.2 Å². The van der Waals surface area contributed by atoms with Crippen LogP contribution in [0.1, 0.15) is 77.7 Å². The number of hydrogen-bond donors (Lipinski definition) is 2. The largest absolute Gasteiger partial charge is 0.463 e. The maximum Gasteiger partial charge on any atom is 0.332 e. The molecule has 320 valence electrons. The fourth-order valence-electron chi connectivity index (χ4n) is 6.43. The molecule has 1 fully saturated rings. The fourth-order valence-corrected chi connectivity index (χ4v) is 6.43. The zero-order valence-electron chi connectivity index (χ0n) is 33.9. The second-order valence-electron chi connectivity index (χ2n) is 14.0. The second-order valence-corrected chi connectivity index (χ2v) is 14.0. The van der Waals surface area contributed by atoms with Crippen LogP contribution in [0.15, 0.2) is 42.5 Å². The van der Waals surface area contributed by atoms with Gasteiger partial charge in [0.1, 0.15) is 18.8 Å². The third-order valence-electron chi connectivity index (χ3n) is 9.02. The molecule has 1 aromatic carbocycles. The standard InChI is InChI=1S/C42H68O14/c1-33(2)54-41(46)14-10-5-4-9-13-37-38(18-17-36(45)16-15-35-11-7-6-8-12-35)40(31-39(37)55-34(3)44)56-42(47)32-53-30-29-52-28-27-51-26-25-50-24-23-49-22-21-48-20-19-43/h4,6-9,11-12,33,36-40,43,45H,5,10,13-32H2,1-3H3/b9-4-/t36-,37+,38+,39-,40+/m0/s1. The molecule has 5 atom stereocenters. The molecular weight excluding hydrogens is 728 g/mol. The number of aryl methyl sites for hydroxylation is 1. The van der Waals surface area contributed by atoms with Gasteiger partial charge in [-0.1, -0.05) is 42.5 Å². The highest BCUT2D eigenvalue weighted by Gasteiger charge is 2.46. The lowest BCUT2D eigenvalue weighted by molar-refractivity contribution is -0.157. The van der Waals surface area contributed by atoms with Crippen LogP contribution < -0.4 is 0 Å². The number of carbonyl (C=O) groups is 3. The summed E-state index contributed by atoms with van der Waals surface area (Å²) in [5.74, 6) is -1.40. The van der Waals surface area contributed by atoms with Crippen molar-refractivity contribution in [1.82, 2.24) is 0 Å². The summed E-state index contributed by atoms with van der Waals surface area (Å²) in [6.07, 6.45) is 7.53. The summed E-state index contributed by atoms with van der Waals surface area (Å²) in [5, 5.41) is 19.6. The first-order chi connectivity index (χ1) is 27.2. The van der Waals surface area contributed by atoms with Crippen LogP contribution in [0, 0.1) is 11.8 Å². The average molecular weight is 797 g/mol. The van der Waals surface area contributed by atoms with E-state index in [-0.39, 0.29) is 50.3 Å². The van der Waals surface area contributed by atoms with Crippen molar-refractivity contribution in [2.24, 2.45) is 11.8 Å². The monoisotopic (exact) mass is 796 g/mol. The minimum absolute atomic E-state index is 0.00268. The molecule has 0 bridgehead atoms. The summed E-state index contributed by atoms with van der Waals surface area (Å²) in [6, 6.07) is 10.0. The van der Waals surface area contributed by atoms with E-state index in [2.05, 4.69) is 0 Å². The number of carbonyl (C=O) groups excluding carboxylic acids is 3. The Labute approximate surface area is 333 Å². The summed E-state index contributed by atoms with van der Waals surface area (Å²) < 4.78 is 49.4. The van der Waals surface area contributed by atoms with Crippen LogP contribution in [0.25, 0.3) is 0 Å². The number of benzene rings is 1. The van der Waals surface area contributed by atoms with Crippen molar-refractivity contribution in [2.75, 3.05) is 85.9 Å². The van der Waals surface area contributed by atoms with Gasteiger partial charge in [0.2, 0.25) is 0 Å². The van der Waals surface area contributed by atoms with Gasteiger partial charge >= 0.3 is 17.9 Å². The van der Waals surface area contributed by atoms with Gasteiger partial charge in [-0.25, -0.2) is 4.79 Å². The van der Waals surface area contributed by atoms with Gasteiger partial charge < -0.3 is 52.8 Å². The first-order valence-electron chi connectivity index (χ1n) is 20.2. The van der Waals surface area contributed by atoms with Crippen LogP contribution >= 0.6 is 0 Å². The van der Waals surface area contributed by atoms with Crippen molar-refractivity contribution in [3.8, 4) is 0 Å². The maximum absolute atomic E-state index is 13.0. The first kappa shape index (κ1) is 49.2. The highest BCUT2D eigenvalue weighted by Crippen LogP contribution is 2.42. The van der Waals surface area contributed by atoms with Crippen molar-refractivity contribution >= 4 is 17.9 Å². The SMILES string of the molecule is CC(=O)O[C@H]1C[C@@H](OC(=O)COCCOCCOCCOCCOCCOCCO)[C@H](CC[C@@H](O)CCc2ccccc2)[C@H]1C/C=C\CCCC(=O)OC(C)C. The van der Waals surface area contributed by atoms with E-state index in [0.717, 1.165) is 12.0 Å². The number of aliphatic hydroxyl groups excluding tert-OH is 2. The van der Waals surface area contributed by atoms with Crippen molar-refractivity contribution in [3.05, 3.63) is 48.0 Å². The van der Waals surface area contributed by atoms with Gasteiger partial charge in [-0.2, -0.15) is 0 Å². The zero-order valence-corrected chi connectivity index (χ0v) is 33.9. The van der Waals surface area contributed by atoms with E-state index in [1.165, 1.54) is 6.92 Å². The van der Waals surface area contributed by atoms with E-state index in [1.54, 1.807) is 0 Å². The normalized spacial score (nSPS) is 18.8. The van der Waals surface area contributed by atoms with E-state index < -0.39 is 30.3 Å². The molecule has 0 spiro atoms. The molecule has 56 heavy (non-hydrogen) atoms. The lowest BCUT2D eigenvalue weighted by Crippen LogP contribution is -2.29. The van der Waals surface area contributed by atoms with Crippen LogP contribution in [-0.2, 0) is 63.4 Å². The van der Waals surface area contributed by atoms with Crippen molar-refractivity contribution in [2.45, 2.75) is 103 Å². The number of allylic oxidation sites excluding steroid dienone is 2. The third-order valence-corrected chi connectivity index (χ3v) is 9.02. The highest BCUT2D eigenvalue weighted by atomic mass is 16.6. The Kier molecular flexibility index (Phi) is 28.2. The first-order valence-corrected chi connectivity index (χ1v) is 20.2. The molecular formula is C42H68O14. The van der Waals surface area contributed by atoms with Gasteiger partial charge in [0, 0.05) is 31.6 Å². The van der Waals surface area contributed by atoms with Crippen LogP contribution in [0.4, 0.5) is 0 Å². The van der Waals surface area contributed by atoms with E-state index in [4.69, 9.17) is 47.7 Å². The predicted octanol–water partition coefficient (Wildman–Crippen LogP) is 4.40. The van der Waals surface area contributed by atoms with Gasteiger partial charge in [0.05, 0.1) is 91.5 Å². The van der Waals surface area contributed by atoms with E-state index >= 15 is 0 Å². The Morgan fingerprint density at radius 1 is 0.732 bits per heavy atom. The molecule has 2 N–H and O–H groups in total. The number of aliphatic hydroxyl groups is 2. The number of unbranched alkanes of at least 4 members (excludes halogenated alkanes) is 1. The Morgan fingerprint density at radius 3 is 1.88 bits per heavy atom. The summed E-state index contributed by atoms with van der Waals surface area (Å²) in [7, 11) is 0. The smallest absolute Gasteiger partial charge is 0.332 e. The second kappa shape index (κ2) is 32.1. The molecule has 0 radical (unpaired) electrons. The Hall–Kier alpha value is -2.95. The summed E-state index contributed by atoms with van der Waals surface area (Å²) >= 11 is 0. The van der Waals surface area contributed by atoms with Gasteiger partial charge in [-0.3, -0.25) is 9.59 Å². The van der Waals surface area contributed by atoms with Crippen molar-refractivity contribution in [3.63, 3.8) is 0 Å². The van der Waals surface area contributed by atoms with E-state index in [0.29, 0.717) is 111 Å². The molecule has 1 saturated carbocycles. The molecule has 14 heteroatoms. The average Bonchev–Trinajstić information content (AvgIpc) is 3.47. The van der Waals surface area contributed by atoms with Crippen LogP contribution in [-0.4, -0.2) is 138 Å². The van der Waals surface area contributed by atoms with Gasteiger partial charge in [-0.15, -0.1) is 0 Å². The topological polar surface area (TPSA) is 175 Å². The molecule has 0 aromatic heterocycles. The molecule has 2 rings (SSSR count). The van der Waals surface area contributed by atoms with Gasteiger partial charge in [0.25, 0.3) is 0 Å². The number of esters is 3. The summed E-state index contributed by atoms with van der Waals surface area (Å²) in [6.45, 7) is 8.96. The number of hydrogen-bond acceptors (Lipinski definition) is 14. The fraction of sp³-hybridized carbons (Fsp3) is 0.738. The van der Waals surface area contributed by atoms with Gasteiger partial charge in [-0.05, 0) is 64.4 Å². The van der Waals surface area contributed by atoms with Crippen LogP contribution in [0.2, 0.25) is 0 Å². The maximum atomic E-state index is 13.0. The number of ether oxygens (including phenoxy) is 9. The molecule has 14 nitrogen and oxygen atoms in total. The van der Waals surface area contributed by atoms with E-state index in [1.807, 2.05) is 56.3 Å². The lowest BCUT2D eigenvalue weighted by Gasteiger charge is -2.26. The molecule has 0 saturated heterocycles. The highest BCUT2D eigenvalue weighted by molar-refractivity contribution is 5.71. The summed E-state index contributed by atoms with van der Waals surface area (Å²) in [5.41, 5.74) is 1.16. The molecule has 0 heterocycles. The van der Waals surface area contributed by atoms with E-state index in [9.17, 15) is 19.5 Å². The Morgan fingerprint density at radius 2 is 1.30 bits per heavy atom. The molecule has 0 amide bonds. The molecule has 0 unspecified atom stereocenters. The third kappa shape index (κ3) is 24.6. The molecule has 1 aliphatic carbocycles. The summed E-state index contributed by atoms with van der Waals surface area (Å²) in [4.78, 5) is 37.0. The number of rotatable bonds is 34.